The number of halogens is 3. The Kier molecular flexibility index (Phi) is 5.27. The molecule has 0 spiro atoms. The molecule has 1 fully saturated rings. The van der Waals surface area contributed by atoms with E-state index in [9.17, 15) is 18.3 Å². The topological polar surface area (TPSA) is 46.2 Å². The smallest absolute Gasteiger partial charge is 0.391 e. The molecule has 21 heavy (non-hydrogen) atoms. The molecular formula is C16H22F3NO. The Labute approximate surface area is 123 Å². The van der Waals surface area contributed by atoms with Gasteiger partial charge in [0, 0.05) is 12.5 Å². The van der Waals surface area contributed by atoms with Crippen LogP contribution >= 0.6 is 0 Å². The van der Waals surface area contributed by atoms with Crippen LogP contribution in [0.3, 0.4) is 0 Å². The molecule has 1 aliphatic rings. The Morgan fingerprint density at radius 1 is 1.19 bits per heavy atom. The van der Waals surface area contributed by atoms with Crippen molar-refractivity contribution in [3.63, 3.8) is 0 Å². The minimum absolute atomic E-state index is 0.00794. The van der Waals surface area contributed by atoms with Crippen LogP contribution in [0.15, 0.2) is 30.3 Å². The second-order valence-electron chi connectivity index (χ2n) is 5.91. The van der Waals surface area contributed by atoms with Crippen LogP contribution in [0.2, 0.25) is 0 Å². The molecule has 1 aromatic carbocycles. The van der Waals surface area contributed by atoms with Crippen molar-refractivity contribution in [3.05, 3.63) is 35.9 Å². The number of benzene rings is 1. The Morgan fingerprint density at radius 2 is 1.86 bits per heavy atom. The number of aliphatic hydroxyl groups excluding tert-OH is 1. The maximum Gasteiger partial charge on any atom is 0.391 e. The first kappa shape index (κ1) is 16.3. The summed E-state index contributed by atoms with van der Waals surface area (Å²) in [6.07, 6.45) is -3.65. The van der Waals surface area contributed by atoms with Gasteiger partial charge >= 0.3 is 6.18 Å². The fourth-order valence-electron chi connectivity index (χ4n) is 3.34. The second-order valence-corrected chi connectivity index (χ2v) is 5.91. The molecule has 118 valence electrons. The van der Waals surface area contributed by atoms with Crippen molar-refractivity contribution < 1.29 is 18.3 Å². The first-order valence-corrected chi connectivity index (χ1v) is 7.43. The minimum Gasteiger partial charge on any atom is -0.392 e. The molecule has 0 radical (unpaired) electrons. The van der Waals surface area contributed by atoms with Crippen LogP contribution in [0.5, 0.6) is 0 Å². The van der Waals surface area contributed by atoms with Gasteiger partial charge in [0.1, 0.15) is 0 Å². The maximum absolute atomic E-state index is 12.9. The monoisotopic (exact) mass is 301 g/mol. The van der Waals surface area contributed by atoms with E-state index >= 15 is 0 Å². The van der Waals surface area contributed by atoms with E-state index in [4.69, 9.17) is 5.73 Å². The van der Waals surface area contributed by atoms with Gasteiger partial charge in [-0.3, -0.25) is 0 Å². The van der Waals surface area contributed by atoms with Crippen molar-refractivity contribution in [3.8, 4) is 0 Å². The quantitative estimate of drug-likeness (QED) is 0.894. The molecule has 0 heterocycles. The van der Waals surface area contributed by atoms with E-state index in [0.717, 1.165) is 5.56 Å². The van der Waals surface area contributed by atoms with Crippen molar-refractivity contribution in [1.29, 1.82) is 0 Å². The fraction of sp³-hybridized carbons (Fsp3) is 0.625. The van der Waals surface area contributed by atoms with Crippen molar-refractivity contribution in [2.75, 3.05) is 6.54 Å². The molecule has 1 aliphatic carbocycles. The molecule has 0 aliphatic heterocycles. The molecule has 1 saturated carbocycles. The number of aliphatic hydroxyl groups is 1. The van der Waals surface area contributed by atoms with Crippen molar-refractivity contribution in [2.24, 2.45) is 17.6 Å². The molecule has 5 heteroatoms. The first-order valence-electron chi connectivity index (χ1n) is 7.43. The van der Waals surface area contributed by atoms with Crippen molar-refractivity contribution in [1.82, 2.24) is 0 Å². The summed E-state index contributed by atoms with van der Waals surface area (Å²) in [5.74, 6) is -1.93. The SMILES string of the molecule is NCC(c1ccccc1)C(O)C1CCCC(C(F)(F)F)C1. The molecule has 0 saturated heterocycles. The third kappa shape index (κ3) is 3.98. The molecule has 2 nitrogen and oxygen atoms in total. The van der Waals surface area contributed by atoms with E-state index in [1.165, 1.54) is 0 Å². The van der Waals surface area contributed by atoms with Gasteiger partial charge in [-0.25, -0.2) is 0 Å². The summed E-state index contributed by atoms with van der Waals surface area (Å²) in [7, 11) is 0. The lowest BCUT2D eigenvalue weighted by molar-refractivity contribution is -0.189. The van der Waals surface area contributed by atoms with Crippen LogP contribution in [-0.2, 0) is 0 Å². The summed E-state index contributed by atoms with van der Waals surface area (Å²) in [6, 6.07) is 9.30. The van der Waals surface area contributed by atoms with Crippen LogP contribution < -0.4 is 5.73 Å². The predicted octanol–water partition coefficient (Wildman–Crippen LogP) is 3.46. The van der Waals surface area contributed by atoms with Crippen LogP contribution in [0.25, 0.3) is 0 Å². The van der Waals surface area contributed by atoms with E-state index in [1.54, 1.807) is 0 Å². The summed E-state index contributed by atoms with van der Waals surface area (Å²) in [6.45, 7) is 0.234. The van der Waals surface area contributed by atoms with Crippen LogP contribution in [0.1, 0.15) is 37.2 Å². The van der Waals surface area contributed by atoms with Crippen molar-refractivity contribution in [2.45, 2.75) is 43.9 Å². The number of alkyl halides is 3. The number of hydrogen-bond donors (Lipinski definition) is 2. The predicted molar refractivity (Wildman–Crippen MR) is 75.7 cm³/mol. The fourth-order valence-corrected chi connectivity index (χ4v) is 3.34. The molecule has 1 aromatic rings. The molecule has 0 amide bonds. The highest BCUT2D eigenvalue weighted by Crippen LogP contribution is 2.42. The van der Waals surface area contributed by atoms with E-state index < -0.39 is 18.2 Å². The van der Waals surface area contributed by atoms with Gasteiger partial charge in [0.05, 0.1) is 12.0 Å². The molecule has 0 bridgehead atoms. The van der Waals surface area contributed by atoms with E-state index in [-0.39, 0.29) is 31.2 Å². The van der Waals surface area contributed by atoms with E-state index in [2.05, 4.69) is 0 Å². The van der Waals surface area contributed by atoms with Gasteiger partial charge in [-0.05, 0) is 30.7 Å². The van der Waals surface area contributed by atoms with Crippen LogP contribution in [-0.4, -0.2) is 23.9 Å². The molecule has 0 aromatic heterocycles. The summed E-state index contributed by atoms with van der Waals surface area (Å²) in [5.41, 5.74) is 6.64. The highest BCUT2D eigenvalue weighted by Gasteiger charge is 2.44. The zero-order chi connectivity index (χ0) is 15.5. The summed E-state index contributed by atoms with van der Waals surface area (Å²) in [5, 5.41) is 10.5. The second kappa shape index (κ2) is 6.79. The summed E-state index contributed by atoms with van der Waals surface area (Å²) < 4.78 is 38.6. The van der Waals surface area contributed by atoms with Crippen LogP contribution in [0.4, 0.5) is 13.2 Å². The third-order valence-corrected chi connectivity index (χ3v) is 4.55. The molecule has 3 N–H and O–H groups in total. The average molecular weight is 301 g/mol. The van der Waals surface area contributed by atoms with Gasteiger partial charge in [-0.15, -0.1) is 0 Å². The van der Waals surface area contributed by atoms with E-state index in [0.29, 0.717) is 12.8 Å². The van der Waals surface area contributed by atoms with E-state index in [1.807, 2.05) is 30.3 Å². The third-order valence-electron chi connectivity index (χ3n) is 4.55. The van der Waals surface area contributed by atoms with Gasteiger partial charge in [-0.2, -0.15) is 13.2 Å². The van der Waals surface area contributed by atoms with Gasteiger partial charge in [-0.1, -0.05) is 36.8 Å². The Bertz CT molecular complexity index is 435. The number of nitrogens with two attached hydrogens (primary N) is 1. The molecule has 4 atom stereocenters. The lowest BCUT2D eigenvalue weighted by Gasteiger charge is -2.36. The Morgan fingerprint density at radius 3 is 2.43 bits per heavy atom. The van der Waals surface area contributed by atoms with Crippen LogP contribution in [0, 0.1) is 11.8 Å². The summed E-state index contributed by atoms with van der Waals surface area (Å²) in [4.78, 5) is 0. The standard InChI is InChI=1S/C16H22F3NO/c17-16(18,19)13-8-4-7-12(9-13)15(21)14(10-20)11-5-2-1-3-6-11/h1-3,5-6,12-15,21H,4,7-10,20H2. The molecular weight excluding hydrogens is 279 g/mol. The minimum atomic E-state index is -4.16. The Hall–Kier alpha value is -1.07. The van der Waals surface area contributed by atoms with Gasteiger partial charge < -0.3 is 10.8 Å². The lowest BCUT2D eigenvalue weighted by atomic mass is 9.74. The highest BCUT2D eigenvalue weighted by atomic mass is 19.4. The van der Waals surface area contributed by atoms with Crippen molar-refractivity contribution >= 4 is 0 Å². The normalized spacial score (nSPS) is 26.3. The number of hydrogen-bond acceptors (Lipinski definition) is 2. The maximum atomic E-state index is 12.9. The highest BCUT2D eigenvalue weighted by molar-refractivity contribution is 5.21. The molecule has 4 unspecified atom stereocenters. The number of rotatable bonds is 4. The zero-order valence-electron chi connectivity index (χ0n) is 11.9. The molecule has 2 rings (SSSR count). The zero-order valence-corrected chi connectivity index (χ0v) is 11.9. The average Bonchev–Trinajstić information content (AvgIpc) is 2.48. The van der Waals surface area contributed by atoms with Gasteiger partial charge in [0.15, 0.2) is 0 Å². The Balaban J connectivity index is 2.09. The van der Waals surface area contributed by atoms with Gasteiger partial charge in [0.2, 0.25) is 0 Å². The lowest BCUT2D eigenvalue weighted by Crippen LogP contribution is -2.38. The van der Waals surface area contributed by atoms with Gasteiger partial charge in [0.25, 0.3) is 0 Å². The largest absolute Gasteiger partial charge is 0.392 e. The first-order chi connectivity index (χ1) is 9.93. The summed E-state index contributed by atoms with van der Waals surface area (Å²) >= 11 is 0.